The number of carbonyl (C=O) groups is 1. The number of carbonyl (C=O) groups excluding carboxylic acids is 1. The number of hydrogen-bond donors (Lipinski definition) is 1. The zero-order valence-electron chi connectivity index (χ0n) is 10.7. The zero-order valence-corrected chi connectivity index (χ0v) is 12.2. The van der Waals surface area contributed by atoms with Crippen LogP contribution in [-0.4, -0.2) is 23.3 Å². The van der Waals surface area contributed by atoms with Gasteiger partial charge in [0.25, 0.3) is 11.6 Å². The van der Waals surface area contributed by atoms with Gasteiger partial charge in [-0.05, 0) is 36.8 Å². The first-order valence-electron chi connectivity index (χ1n) is 6.25. The van der Waals surface area contributed by atoms with E-state index in [1.807, 2.05) is 0 Å². The lowest BCUT2D eigenvalue weighted by molar-refractivity contribution is -0.385. The first kappa shape index (κ1) is 15.1. The number of halogens is 2. The summed E-state index contributed by atoms with van der Waals surface area (Å²) in [4.78, 5) is 22.4. The van der Waals surface area contributed by atoms with Crippen LogP contribution in [0.25, 0.3) is 0 Å². The molecule has 0 saturated heterocycles. The molecular weight excluding hydrogens is 303 g/mol. The fourth-order valence-electron chi connectivity index (χ4n) is 2.10. The molecule has 1 aliphatic carbocycles. The molecule has 1 N–H and O–H groups in total. The van der Waals surface area contributed by atoms with Crippen molar-refractivity contribution >= 4 is 34.8 Å². The van der Waals surface area contributed by atoms with E-state index in [9.17, 15) is 14.9 Å². The van der Waals surface area contributed by atoms with Gasteiger partial charge in [-0.25, -0.2) is 0 Å². The van der Waals surface area contributed by atoms with E-state index in [2.05, 4.69) is 5.32 Å². The van der Waals surface area contributed by atoms with Gasteiger partial charge in [0.1, 0.15) is 5.56 Å². The molecule has 0 unspecified atom stereocenters. The molecule has 0 aliphatic heterocycles. The van der Waals surface area contributed by atoms with Crippen molar-refractivity contribution in [1.82, 2.24) is 5.32 Å². The Hall–Kier alpha value is -1.33. The molecule has 5 nitrogen and oxygen atoms in total. The second-order valence-corrected chi connectivity index (χ2v) is 5.85. The van der Waals surface area contributed by atoms with Gasteiger partial charge in [-0.1, -0.05) is 11.6 Å². The molecule has 1 amide bonds. The molecule has 1 aliphatic rings. The zero-order chi connectivity index (χ0) is 14.8. The average Bonchev–Trinajstić information content (AvgIpc) is 3.16. The summed E-state index contributed by atoms with van der Waals surface area (Å²) in [5.74, 6) is 0.0766. The third-order valence-corrected chi connectivity index (χ3v) is 4.03. The van der Waals surface area contributed by atoms with Crippen LogP contribution in [0, 0.1) is 15.5 Å². The molecule has 0 spiro atoms. The second-order valence-electron chi connectivity index (χ2n) is 5.04. The van der Waals surface area contributed by atoms with Crippen LogP contribution >= 0.6 is 23.2 Å². The first-order chi connectivity index (χ1) is 9.47. The van der Waals surface area contributed by atoms with Gasteiger partial charge in [0.05, 0.1) is 4.92 Å². The summed E-state index contributed by atoms with van der Waals surface area (Å²) in [5, 5.41) is 14.0. The summed E-state index contributed by atoms with van der Waals surface area (Å²) in [6.45, 7) is 0.488. The van der Waals surface area contributed by atoms with Crippen LogP contribution in [0.4, 0.5) is 5.69 Å². The summed E-state index contributed by atoms with van der Waals surface area (Å²) in [6, 6.07) is 3.95. The fourth-order valence-corrected chi connectivity index (χ4v) is 2.68. The van der Waals surface area contributed by atoms with Crippen LogP contribution in [0.5, 0.6) is 0 Å². The number of hydrogen-bond acceptors (Lipinski definition) is 3. The molecule has 0 radical (unpaired) electrons. The Morgan fingerprint density at radius 1 is 1.45 bits per heavy atom. The molecule has 108 valence electrons. The summed E-state index contributed by atoms with van der Waals surface area (Å²) in [7, 11) is 0. The summed E-state index contributed by atoms with van der Waals surface area (Å²) >= 11 is 11.5. The monoisotopic (exact) mass is 316 g/mol. The van der Waals surface area contributed by atoms with E-state index < -0.39 is 10.8 Å². The Balaban J connectivity index is 2.09. The Morgan fingerprint density at radius 2 is 2.15 bits per heavy atom. The van der Waals surface area contributed by atoms with Gasteiger partial charge < -0.3 is 5.32 Å². The second kappa shape index (κ2) is 5.97. The van der Waals surface area contributed by atoms with Crippen LogP contribution in [0.2, 0.25) is 5.02 Å². The highest BCUT2D eigenvalue weighted by Gasteiger charge is 2.42. The maximum absolute atomic E-state index is 12.1. The van der Waals surface area contributed by atoms with Crippen molar-refractivity contribution in [2.24, 2.45) is 5.41 Å². The average molecular weight is 317 g/mol. The van der Waals surface area contributed by atoms with E-state index in [1.165, 1.54) is 18.2 Å². The Kier molecular flexibility index (Phi) is 4.50. The van der Waals surface area contributed by atoms with Crippen LogP contribution < -0.4 is 5.32 Å². The van der Waals surface area contributed by atoms with Crippen molar-refractivity contribution in [2.45, 2.75) is 19.3 Å². The fraction of sp³-hybridized carbons (Fsp3) is 0.462. The molecule has 20 heavy (non-hydrogen) atoms. The summed E-state index contributed by atoms with van der Waals surface area (Å²) in [6.07, 6.45) is 2.89. The lowest BCUT2D eigenvalue weighted by Crippen LogP contribution is -2.30. The smallest absolute Gasteiger partial charge is 0.282 e. The van der Waals surface area contributed by atoms with Crippen molar-refractivity contribution in [2.75, 3.05) is 12.4 Å². The normalized spacial score (nSPS) is 15.7. The number of rotatable bonds is 6. The highest BCUT2D eigenvalue weighted by atomic mass is 35.5. The SMILES string of the molecule is O=C(NCC1(CCCl)CC1)c1cc(Cl)ccc1[N+](=O)[O-]. The van der Waals surface area contributed by atoms with Gasteiger partial charge in [0.2, 0.25) is 0 Å². The van der Waals surface area contributed by atoms with E-state index in [0.717, 1.165) is 19.3 Å². The Labute approximate surface area is 126 Å². The minimum Gasteiger partial charge on any atom is -0.351 e. The van der Waals surface area contributed by atoms with E-state index in [4.69, 9.17) is 23.2 Å². The van der Waals surface area contributed by atoms with Crippen LogP contribution in [0.15, 0.2) is 18.2 Å². The molecule has 1 fully saturated rings. The summed E-state index contributed by atoms with van der Waals surface area (Å²) in [5.41, 5.74) is -0.177. The minimum absolute atomic E-state index is 0.0100. The third kappa shape index (κ3) is 3.41. The van der Waals surface area contributed by atoms with Crippen molar-refractivity contribution < 1.29 is 9.72 Å². The van der Waals surface area contributed by atoms with Gasteiger partial charge in [-0.15, -0.1) is 11.6 Å². The van der Waals surface area contributed by atoms with Gasteiger partial charge in [0.15, 0.2) is 0 Å². The third-order valence-electron chi connectivity index (χ3n) is 3.61. The van der Waals surface area contributed by atoms with Crippen LogP contribution in [0.1, 0.15) is 29.6 Å². The standard InChI is InChI=1S/C13H14Cl2N2O3/c14-6-5-13(3-4-13)8-16-12(18)10-7-9(15)1-2-11(10)17(19)20/h1-2,7H,3-6,8H2,(H,16,18). The first-order valence-corrected chi connectivity index (χ1v) is 7.17. The van der Waals surface area contributed by atoms with Gasteiger partial charge in [-0.2, -0.15) is 0 Å². The predicted molar refractivity (Wildman–Crippen MR) is 77.4 cm³/mol. The quantitative estimate of drug-likeness (QED) is 0.496. The van der Waals surface area contributed by atoms with E-state index in [1.54, 1.807) is 0 Å². The highest BCUT2D eigenvalue weighted by molar-refractivity contribution is 6.31. The number of nitro groups is 1. The number of alkyl halides is 1. The molecule has 1 aromatic rings. The predicted octanol–water partition coefficient (Wildman–Crippen LogP) is 3.39. The Morgan fingerprint density at radius 3 is 2.70 bits per heavy atom. The van der Waals surface area contributed by atoms with Gasteiger partial charge >= 0.3 is 0 Å². The molecule has 0 aromatic heterocycles. The summed E-state index contributed by atoms with van der Waals surface area (Å²) < 4.78 is 0. The largest absolute Gasteiger partial charge is 0.351 e. The van der Waals surface area contributed by atoms with Crippen molar-refractivity contribution in [1.29, 1.82) is 0 Å². The van der Waals surface area contributed by atoms with Gasteiger partial charge in [0, 0.05) is 23.5 Å². The van der Waals surface area contributed by atoms with Crippen molar-refractivity contribution in [3.63, 3.8) is 0 Å². The molecule has 2 rings (SSSR count). The lowest BCUT2D eigenvalue weighted by atomic mass is 10.0. The number of amides is 1. The molecule has 0 bridgehead atoms. The molecule has 0 atom stereocenters. The lowest BCUT2D eigenvalue weighted by Gasteiger charge is -2.14. The maximum atomic E-state index is 12.1. The number of nitrogens with one attached hydrogen (secondary N) is 1. The molecule has 1 aromatic carbocycles. The van der Waals surface area contributed by atoms with E-state index in [-0.39, 0.29) is 16.7 Å². The molecule has 7 heteroatoms. The number of nitro benzene ring substituents is 1. The van der Waals surface area contributed by atoms with Crippen LogP contribution in [-0.2, 0) is 0 Å². The maximum Gasteiger partial charge on any atom is 0.282 e. The molecular formula is C13H14Cl2N2O3. The highest BCUT2D eigenvalue weighted by Crippen LogP contribution is 2.48. The molecule has 0 heterocycles. The Bertz CT molecular complexity index is 544. The van der Waals surface area contributed by atoms with Crippen LogP contribution in [0.3, 0.4) is 0 Å². The van der Waals surface area contributed by atoms with Crippen molar-refractivity contribution in [3.8, 4) is 0 Å². The van der Waals surface area contributed by atoms with Crippen molar-refractivity contribution in [3.05, 3.63) is 38.9 Å². The van der Waals surface area contributed by atoms with Gasteiger partial charge in [-0.3, -0.25) is 14.9 Å². The molecule has 1 saturated carbocycles. The minimum atomic E-state index is -0.586. The topological polar surface area (TPSA) is 72.2 Å². The number of nitrogens with zero attached hydrogens (tertiary/aromatic N) is 1. The van der Waals surface area contributed by atoms with E-state index in [0.29, 0.717) is 17.4 Å². The van der Waals surface area contributed by atoms with E-state index >= 15 is 0 Å². The number of benzene rings is 1.